The molecule has 6 nitrogen and oxygen atoms in total. The average molecular weight is 366 g/mol. The second-order valence-electron chi connectivity index (χ2n) is 6.45. The number of Topliss-reactive ketones (excluding diaryl/α,β-unsaturated/α-hetero) is 1. The zero-order chi connectivity index (χ0) is 19.2. The van der Waals surface area contributed by atoms with E-state index < -0.39 is 0 Å². The van der Waals surface area contributed by atoms with Crippen LogP contribution in [0.5, 0.6) is 5.88 Å². The molecular formula is C21H26N4O2. The summed E-state index contributed by atoms with van der Waals surface area (Å²) >= 11 is 0. The predicted molar refractivity (Wildman–Crippen MR) is 106 cm³/mol. The van der Waals surface area contributed by atoms with E-state index in [1.54, 1.807) is 17.6 Å². The van der Waals surface area contributed by atoms with Gasteiger partial charge >= 0.3 is 0 Å². The smallest absolute Gasteiger partial charge is 0.231 e. The van der Waals surface area contributed by atoms with Crippen molar-refractivity contribution >= 4 is 11.4 Å². The van der Waals surface area contributed by atoms with Crippen LogP contribution in [0, 0.1) is 0 Å². The number of hydrogen-bond donors (Lipinski definition) is 0. The number of rotatable bonds is 9. The zero-order valence-corrected chi connectivity index (χ0v) is 16.2. The van der Waals surface area contributed by atoms with Gasteiger partial charge in [0.2, 0.25) is 5.88 Å². The van der Waals surface area contributed by atoms with Gasteiger partial charge in [0.25, 0.3) is 0 Å². The predicted octanol–water partition coefficient (Wildman–Crippen LogP) is 3.71. The van der Waals surface area contributed by atoms with E-state index in [0.717, 1.165) is 43.0 Å². The summed E-state index contributed by atoms with van der Waals surface area (Å²) in [6.45, 7) is 9.65. The average Bonchev–Trinajstić information content (AvgIpc) is 3.11. The Morgan fingerprint density at radius 3 is 2.74 bits per heavy atom. The molecular weight excluding hydrogens is 340 g/mol. The van der Waals surface area contributed by atoms with E-state index in [1.165, 1.54) is 0 Å². The second kappa shape index (κ2) is 8.77. The summed E-state index contributed by atoms with van der Waals surface area (Å²) in [5.74, 6) is 0.611. The Bertz CT molecular complexity index is 915. The molecule has 27 heavy (non-hydrogen) atoms. The van der Waals surface area contributed by atoms with Gasteiger partial charge in [-0.05, 0) is 38.6 Å². The molecule has 1 aromatic carbocycles. The Labute approximate surface area is 159 Å². The van der Waals surface area contributed by atoms with Gasteiger partial charge in [-0.25, -0.2) is 9.50 Å². The van der Waals surface area contributed by atoms with Gasteiger partial charge in [-0.15, -0.1) is 5.10 Å². The number of nitrogens with zero attached hydrogens (tertiary/aromatic N) is 4. The molecule has 2 heterocycles. The van der Waals surface area contributed by atoms with Crippen LogP contribution in [0.3, 0.4) is 0 Å². The molecule has 0 amide bonds. The molecule has 0 unspecified atom stereocenters. The monoisotopic (exact) mass is 366 g/mol. The van der Waals surface area contributed by atoms with Crippen molar-refractivity contribution < 1.29 is 9.53 Å². The minimum atomic E-state index is 0.0378. The summed E-state index contributed by atoms with van der Waals surface area (Å²) < 4.78 is 7.60. The van der Waals surface area contributed by atoms with Crippen LogP contribution in [-0.2, 0) is 0 Å². The first-order chi connectivity index (χ1) is 13.1. The van der Waals surface area contributed by atoms with Gasteiger partial charge in [0.1, 0.15) is 0 Å². The number of fused-ring (bicyclic) bond motifs is 1. The maximum Gasteiger partial charge on any atom is 0.231 e. The zero-order valence-electron chi connectivity index (χ0n) is 16.2. The number of carbonyl (C=O) groups excluding carboxylic acids is 1. The molecule has 0 N–H and O–H groups in total. The Kier molecular flexibility index (Phi) is 6.19. The molecule has 0 saturated heterocycles. The SMILES string of the molecule is CCN(CC)CCCOc1ccc2ncc(-c3cccc(C(C)=O)c3)n2n1. The van der Waals surface area contributed by atoms with Crippen molar-refractivity contribution in [3.05, 3.63) is 48.2 Å². The Hall–Kier alpha value is -2.73. The lowest BCUT2D eigenvalue weighted by molar-refractivity contribution is 0.101. The topological polar surface area (TPSA) is 59.7 Å². The Morgan fingerprint density at radius 1 is 1.19 bits per heavy atom. The van der Waals surface area contributed by atoms with Gasteiger partial charge in [-0.3, -0.25) is 4.79 Å². The summed E-state index contributed by atoms with van der Waals surface area (Å²) in [4.78, 5) is 18.4. The highest BCUT2D eigenvalue weighted by Gasteiger charge is 2.10. The maximum absolute atomic E-state index is 11.7. The summed E-state index contributed by atoms with van der Waals surface area (Å²) in [6.07, 6.45) is 2.73. The number of hydrogen-bond acceptors (Lipinski definition) is 5. The largest absolute Gasteiger partial charge is 0.477 e. The Morgan fingerprint density at radius 2 is 2.00 bits per heavy atom. The van der Waals surface area contributed by atoms with Crippen LogP contribution >= 0.6 is 0 Å². The van der Waals surface area contributed by atoms with Crippen LogP contribution in [0.1, 0.15) is 37.6 Å². The van der Waals surface area contributed by atoms with Crippen molar-refractivity contribution in [2.45, 2.75) is 27.2 Å². The molecule has 0 fully saturated rings. The fourth-order valence-corrected chi connectivity index (χ4v) is 3.03. The molecule has 142 valence electrons. The number of ether oxygens (including phenoxy) is 1. The van der Waals surface area contributed by atoms with E-state index in [2.05, 4.69) is 28.8 Å². The molecule has 0 saturated carbocycles. The first kappa shape index (κ1) is 19.0. The number of ketones is 1. The lowest BCUT2D eigenvalue weighted by Gasteiger charge is -2.17. The standard InChI is InChI=1S/C21H26N4O2/c1-4-24(5-2)12-7-13-27-21-11-10-20-22-15-19(25(20)23-21)18-9-6-8-17(14-18)16(3)26/h6,8-11,14-15H,4-5,7,12-13H2,1-3H3. The summed E-state index contributed by atoms with van der Waals surface area (Å²) in [7, 11) is 0. The molecule has 6 heteroatoms. The van der Waals surface area contributed by atoms with Crippen molar-refractivity contribution in [1.82, 2.24) is 19.5 Å². The second-order valence-corrected chi connectivity index (χ2v) is 6.45. The highest BCUT2D eigenvalue weighted by Crippen LogP contribution is 2.22. The third-order valence-corrected chi connectivity index (χ3v) is 4.67. The van der Waals surface area contributed by atoms with Gasteiger partial charge in [0, 0.05) is 23.7 Å². The van der Waals surface area contributed by atoms with Gasteiger partial charge in [-0.1, -0.05) is 32.0 Å². The fourth-order valence-electron chi connectivity index (χ4n) is 3.03. The first-order valence-electron chi connectivity index (χ1n) is 9.43. The molecule has 0 aliphatic rings. The summed E-state index contributed by atoms with van der Waals surface area (Å²) in [5, 5.41) is 4.58. The molecule has 0 aliphatic heterocycles. The molecule has 0 atom stereocenters. The highest BCUT2D eigenvalue weighted by molar-refractivity contribution is 5.95. The van der Waals surface area contributed by atoms with E-state index in [-0.39, 0.29) is 5.78 Å². The molecule has 0 spiro atoms. The van der Waals surface area contributed by atoms with Crippen molar-refractivity contribution in [1.29, 1.82) is 0 Å². The van der Waals surface area contributed by atoms with Crippen molar-refractivity contribution in [3.8, 4) is 17.1 Å². The van der Waals surface area contributed by atoms with Crippen LogP contribution in [0.4, 0.5) is 0 Å². The third-order valence-electron chi connectivity index (χ3n) is 4.67. The van der Waals surface area contributed by atoms with Crippen LogP contribution in [0.2, 0.25) is 0 Å². The van der Waals surface area contributed by atoms with Crippen molar-refractivity contribution in [3.63, 3.8) is 0 Å². The lowest BCUT2D eigenvalue weighted by atomic mass is 10.1. The summed E-state index contributed by atoms with van der Waals surface area (Å²) in [6, 6.07) is 11.2. The van der Waals surface area contributed by atoms with Crippen molar-refractivity contribution in [2.24, 2.45) is 0 Å². The number of benzene rings is 1. The molecule has 0 bridgehead atoms. The molecule has 0 aliphatic carbocycles. The van der Waals surface area contributed by atoms with E-state index in [0.29, 0.717) is 18.1 Å². The molecule has 0 radical (unpaired) electrons. The molecule has 3 aromatic rings. The van der Waals surface area contributed by atoms with E-state index in [9.17, 15) is 4.79 Å². The van der Waals surface area contributed by atoms with Crippen LogP contribution in [0.25, 0.3) is 16.9 Å². The van der Waals surface area contributed by atoms with E-state index >= 15 is 0 Å². The fraction of sp³-hybridized carbons (Fsp3) is 0.381. The van der Waals surface area contributed by atoms with Crippen LogP contribution in [-0.4, -0.2) is 51.5 Å². The molecule has 2 aromatic heterocycles. The number of carbonyl (C=O) groups is 1. The third kappa shape index (κ3) is 4.52. The molecule has 3 rings (SSSR count). The Balaban J connectivity index is 1.76. The van der Waals surface area contributed by atoms with E-state index in [1.807, 2.05) is 36.4 Å². The van der Waals surface area contributed by atoms with Crippen molar-refractivity contribution in [2.75, 3.05) is 26.2 Å². The first-order valence-corrected chi connectivity index (χ1v) is 9.43. The minimum absolute atomic E-state index is 0.0378. The van der Waals surface area contributed by atoms with Crippen LogP contribution in [0.15, 0.2) is 42.6 Å². The van der Waals surface area contributed by atoms with E-state index in [4.69, 9.17) is 4.74 Å². The quantitative estimate of drug-likeness (QED) is 0.427. The highest BCUT2D eigenvalue weighted by atomic mass is 16.5. The lowest BCUT2D eigenvalue weighted by Crippen LogP contribution is -2.25. The van der Waals surface area contributed by atoms with Crippen LogP contribution < -0.4 is 4.74 Å². The van der Waals surface area contributed by atoms with Gasteiger partial charge < -0.3 is 9.64 Å². The maximum atomic E-state index is 11.7. The summed E-state index contributed by atoms with van der Waals surface area (Å²) in [5.41, 5.74) is 3.16. The van der Waals surface area contributed by atoms with Gasteiger partial charge in [0.15, 0.2) is 11.4 Å². The number of imidazole rings is 1. The normalized spacial score (nSPS) is 11.3. The van der Waals surface area contributed by atoms with Gasteiger partial charge in [-0.2, -0.15) is 0 Å². The minimum Gasteiger partial charge on any atom is -0.477 e. The number of aromatic nitrogens is 3. The van der Waals surface area contributed by atoms with Gasteiger partial charge in [0.05, 0.1) is 18.5 Å².